The zero-order chi connectivity index (χ0) is 12.9. The number of hydrogen-bond donors (Lipinski definition) is 2. The van der Waals surface area contributed by atoms with Crippen molar-refractivity contribution < 1.29 is 12.8 Å². The van der Waals surface area contributed by atoms with Gasteiger partial charge in [0.25, 0.3) is 0 Å². The number of halogens is 2. The summed E-state index contributed by atoms with van der Waals surface area (Å²) >= 11 is 0. The van der Waals surface area contributed by atoms with Crippen molar-refractivity contribution in [1.82, 2.24) is 10.0 Å². The Hall–Kier alpha value is -0.690. The third kappa shape index (κ3) is 4.53. The number of hydrogen-bond acceptors (Lipinski definition) is 3. The molecular formula is C11H18ClFN2O2S. The monoisotopic (exact) mass is 296 g/mol. The Morgan fingerprint density at radius 1 is 1.28 bits per heavy atom. The Labute approximate surface area is 113 Å². The maximum Gasteiger partial charge on any atom is 0.240 e. The van der Waals surface area contributed by atoms with Crippen molar-refractivity contribution in [2.75, 3.05) is 19.6 Å². The van der Waals surface area contributed by atoms with Gasteiger partial charge in [-0.3, -0.25) is 0 Å². The van der Waals surface area contributed by atoms with E-state index in [1.54, 1.807) is 0 Å². The summed E-state index contributed by atoms with van der Waals surface area (Å²) in [5.74, 6) is -0.514. The van der Waals surface area contributed by atoms with Crippen LogP contribution in [0.3, 0.4) is 0 Å². The topological polar surface area (TPSA) is 58.2 Å². The van der Waals surface area contributed by atoms with Crippen LogP contribution in [-0.4, -0.2) is 28.1 Å². The fourth-order valence-corrected chi connectivity index (χ4v) is 2.69. The van der Waals surface area contributed by atoms with E-state index < -0.39 is 15.8 Å². The Morgan fingerprint density at radius 3 is 2.56 bits per heavy atom. The lowest BCUT2D eigenvalue weighted by Crippen LogP contribution is -2.32. The molecule has 1 rings (SSSR count). The van der Waals surface area contributed by atoms with Gasteiger partial charge in [0, 0.05) is 18.7 Å². The van der Waals surface area contributed by atoms with Crippen LogP contribution >= 0.6 is 12.4 Å². The minimum Gasteiger partial charge on any atom is -0.316 e. The van der Waals surface area contributed by atoms with Crippen LogP contribution in [0.25, 0.3) is 0 Å². The maximum atomic E-state index is 13.2. The van der Waals surface area contributed by atoms with Crippen LogP contribution in [0.5, 0.6) is 0 Å². The fraction of sp³-hybridized carbons (Fsp3) is 0.455. The average molecular weight is 297 g/mol. The van der Waals surface area contributed by atoms with E-state index in [4.69, 9.17) is 0 Å². The molecule has 0 saturated carbocycles. The van der Waals surface area contributed by atoms with E-state index in [0.29, 0.717) is 6.54 Å². The lowest BCUT2D eigenvalue weighted by atomic mass is 10.2. The molecule has 0 aliphatic carbocycles. The van der Waals surface area contributed by atoms with Gasteiger partial charge in [-0.2, -0.15) is 0 Å². The van der Waals surface area contributed by atoms with Crippen molar-refractivity contribution in [2.45, 2.75) is 18.7 Å². The van der Waals surface area contributed by atoms with Crippen LogP contribution in [0.1, 0.15) is 12.5 Å². The summed E-state index contributed by atoms with van der Waals surface area (Å²) in [7, 11) is -3.62. The van der Waals surface area contributed by atoms with Crippen molar-refractivity contribution in [3.05, 3.63) is 29.6 Å². The van der Waals surface area contributed by atoms with Gasteiger partial charge in [0.05, 0.1) is 4.90 Å². The maximum absolute atomic E-state index is 13.2. The predicted molar refractivity (Wildman–Crippen MR) is 72.1 cm³/mol. The second kappa shape index (κ2) is 7.68. The van der Waals surface area contributed by atoms with E-state index in [-0.39, 0.29) is 29.4 Å². The van der Waals surface area contributed by atoms with Gasteiger partial charge in [0.2, 0.25) is 10.0 Å². The third-order valence-electron chi connectivity index (χ3n) is 2.35. The normalized spacial score (nSPS) is 11.1. The van der Waals surface area contributed by atoms with E-state index in [1.807, 2.05) is 6.92 Å². The van der Waals surface area contributed by atoms with E-state index in [9.17, 15) is 12.8 Å². The molecule has 0 aliphatic heterocycles. The molecule has 1 aromatic carbocycles. The van der Waals surface area contributed by atoms with Gasteiger partial charge < -0.3 is 5.32 Å². The number of rotatable bonds is 6. The van der Waals surface area contributed by atoms with Crippen LogP contribution in [0.4, 0.5) is 4.39 Å². The Kier molecular flexibility index (Phi) is 7.39. The summed E-state index contributed by atoms with van der Waals surface area (Å²) in [4.78, 5) is -0.00556. The molecule has 0 amide bonds. The summed E-state index contributed by atoms with van der Waals surface area (Å²) in [6.07, 6.45) is 0. The van der Waals surface area contributed by atoms with Crippen molar-refractivity contribution in [2.24, 2.45) is 0 Å². The van der Waals surface area contributed by atoms with E-state index in [1.165, 1.54) is 25.1 Å². The molecule has 0 atom stereocenters. The molecule has 0 spiro atoms. The van der Waals surface area contributed by atoms with E-state index in [0.717, 1.165) is 6.54 Å². The second-order valence-corrected chi connectivity index (χ2v) is 5.35. The molecule has 0 bridgehead atoms. The molecule has 7 heteroatoms. The highest BCUT2D eigenvalue weighted by Gasteiger charge is 2.17. The minimum absolute atomic E-state index is 0. The van der Waals surface area contributed by atoms with Gasteiger partial charge >= 0.3 is 0 Å². The summed E-state index contributed by atoms with van der Waals surface area (Å²) in [5, 5.41) is 3.00. The Balaban J connectivity index is 0.00000289. The summed E-state index contributed by atoms with van der Waals surface area (Å²) < 4.78 is 39.4. The highest BCUT2D eigenvalue weighted by atomic mass is 35.5. The van der Waals surface area contributed by atoms with Crippen molar-refractivity contribution in [3.8, 4) is 0 Å². The third-order valence-corrected chi connectivity index (χ3v) is 3.96. The predicted octanol–water partition coefficient (Wildman–Crippen LogP) is 1.44. The molecule has 2 N–H and O–H groups in total. The van der Waals surface area contributed by atoms with Crippen LogP contribution in [0, 0.1) is 12.7 Å². The van der Waals surface area contributed by atoms with Gasteiger partial charge in [-0.25, -0.2) is 17.5 Å². The highest BCUT2D eigenvalue weighted by molar-refractivity contribution is 7.89. The average Bonchev–Trinajstić information content (AvgIpc) is 2.28. The smallest absolute Gasteiger partial charge is 0.240 e. The highest BCUT2D eigenvalue weighted by Crippen LogP contribution is 2.16. The van der Waals surface area contributed by atoms with Gasteiger partial charge in [-0.1, -0.05) is 13.0 Å². The standard InChI is InChI=1S/C11H17FN2O2S.ClH/c1-3-13-7-8-14-17(15,16)11-6-4-5-10(12)9(11)2;/h4-6,13-14H,3,7-8H2,1-2H3;1H. The zero-order valence-electron chi connectivity index (χ0n) is 10.4. The van der Waals surface area contributed by atoms with Crippen LogP contribution in [0.2, 0.25) is 0 Å². The summed E-state index contributed by atoms with van der Waals surface area (Å²) in [6, 6.07) is 4.03. The van der Waals surface area contributed by atoms with Crippen LogP contribution < -0.4 is 10.0 Å². The fourth-order valence-electron chi connectivity index (χ4n) is 1.41. The quantitative estimate of drug-likeness (QED) is 0.781. The molecule has 0 heterocycles. The molecule has 1 aromatic rings. The number of benzene rings is 1. The second-order valence-electron chi connectivity index (χ2n) is 3.61. The first-order valence-corrected chi connectivity index (χ1v) is 6.93. The summed E-state index contributed by atoms with van der Waals surface area (Å²) in [5.41, 5.74) is 0.142. The van der Waals surface area contributed by atoms with Crippen LogP contribution in [0.15, 0.2) is 23.1 Å². The lowest BCUT2D eigenvalue weighted by Gasteiger charge is -2.09. The van der Waals surface area contributed by atoms with Crippen molar-refractivity contribution in [3.63, 3.8) is 0 Å². The molecule has 18 heavy (non-hydrogen) atoms. The largest absolute Gasteiger partial charge is 0.316 e. The Morgan fingerprint density at radius 2 is 1.94 bits per heavy atom. The number of likely N-dealkylation sites (N-methyl/N-ethyl adjacent to an activating group) is 1. The molecule has 0 aliphatic rings. The zero-order valence-corrected chi connectivity index (χ0v) is 12.0. The summed E-state index contributed by atoms with van der Waals surface area (Å²) in [6.45, 7) is 5.00. The van der Waals surface area contributed by atoms with Crippen molar-refractivity contribution in [1.29, 1.82) is 0 Å². The lowest BCUT2D eigenvalue weighted by molar-refractivity contribution is 0.571. The van der Waals surface area contributed by atoms with Crippen LogP contribution in [-0.2, 0) is 10.0 Å². The first kappa shape index (κ1) is 17.3. The minimum atomic E-state index is -3.62. The molecule has 0 fully saturated rings. The first-order valence-electron chi connectivity index (χ1n) is 5.44. The van der Waals surface area contributed by atoms with Gasteiger partial charge in [0.1, 0.15) is 5.82 Å². The van der Waals surface area contributed by atoms with Gasteiger partial charge in [-0.15, -0.1) is 12.4 Å². The SMILES string of the molecule is CCNCCNS(=O)(=O)c1cccc(F)c1C.Cl. The molecule has 4 nitrogen and oxygen atoms in total. The first-order chi connectivity index (χ1) is 7.99. The molecular weight excluding hydrogens is 279 g/mol. The number of nitrogens with one attached hydrogen (secondary N) is 2. The number of sulfonamides is 1. The molecule has 0 aromatic heterocycles. The van der Waals surface area contributed by atoms with E-state index >= 15 is 0 Å². The van der Waals surface area contributed by atoms with E-state index in [2.05, 4.69) is 10.0 Å². The molecule has 0 radical (unpaired) electrons. The van der Waals surface area contributed by atoms with Crippen molar-refractivity contribution >= 4 is 22.4 Å². The molecule has 0 saturated heterocycles. The van der Waals surface area contributed by atoms with Gasteiger partial charge in [-0.05, 0) is 25.6 Å². The molecule has 0 unspecified atom stereocenters. The molecule has 104 valence electrons. The Bertz CT molecular complexity index is 480. The van der Waals surface area contributed by atoms with Gasteiger partial charge in [0.15, 0.2) is 0 Å².